The Morgan fingerprint density at radius 2 is 1.75 bits per heavy atom. The molecule has 0 atom stereocenters. The molecule has 0 N–H and O–H groups in total. The van der Waals surface area contributed by atoms with Gasteiger partial charge in [0.15, 0.2) is 0 Å². The van der Waals surface area contributed by atoms with Crippen LogP contribution in [-0.2, 0) is 4.79 Å². The van der Waals surface area contributed by atoms with Gasteiger partial charge in [-0.25, -0.2) is 0 Å². The second kappa shape index (κ2) is 5.45. The maximum absolute atomic E-state index is 11.9. The third-order valence-corrected chi connectivity index (χ3v) is 2.53. The Bertz CT molecular complexity index is 373. The second-order valence-corrected chi connectivity index (χ2v) is 3.67. The zero-order chi connectivity index (χ0) is 12.1. The molecule has 0 aromatic heterocycles. The molecule has 85 valence electrons. The quantitative estimate of drug-likeness (QED) is 0.780. The highest BCUT2D eigenvalue weighted by atomic mass is 16.2. The molecule has 0 aliphatic rings. The van der Waals surface area contributed by atoms with Crippen LogP contribution in [0.25, 0.3) is 0 Å². The summed E-state index contributed by atoms with van der Waals surface area (Å²) in [6, 6.07) is 8.80. The van der Waals surface area contributed by atoms with Crippen molar-refractivity contribution in [1.29, 1.82) is 0 Å². The second-order valence-electron chi connectivity index (χ2n) is 3.67. The minimum absolute atomic E-state index is 0.212. The predicted octanol–water partition coefficient (Wildman–Crippen LogP) is 2.29. The van der Waals surface area contributed by atoms with Gasteiger partial charge in [-0.3, -0.25) is 14.5 Å². The van der Waals surface area contributed by atoms with E-state index in [2.05, 4.69) is 0 Å². The third-order valence-electron chi connectivity index (χ3n) is 2.53. The highest BCUT2D eigenvalue weighted by Gasteiger charge is 2.22. The number of carbonyl (C=O) groups is 2. The molecule has 0 bridgehead atoms. The minimum Gasteiger partial charge on any atom is -0.281 e. The van der Waals surface area contributed by atoms with Gasteiger partial charge in [0.2, 0.25) is 5.91 Å². The van der Waals surface area contributed by atoms with Gasteiger partial charge in [-0.05, 0) is 25.5 Å². The van der Waals surface area contributed by atoms with Crippen LogP contribution in [-0.4, -0.2) is 23.8 Å². The molecule has 0 aliphatic carbocycles. The minimum atomic E-state index is -0.265. The summed E-state index contributed by atoms with van der Waals surface area (Å²) in [5.74, 6) is 0.210. The van der Waals surface area contributed by atoms with Gasteiger partial charge < -0.3 is 0 Å². The lowest BCUT2D eigenvalue weighted by atomic mass is 10.1. The fourth-order valence-corrected chi connectivity index (χ4v) is 1.30. The Kier molecular flexibility index (Phi) is 4.23. The molecule has 3 heteroatoms. The van der Waals surface area contributed by atoms with Crippen LogP contribution in [0.1, 0.15) is 30.6 Å². The molecule has 0 aliphatic heterocycles. The molecule has 1 aromatic rings. The summed E-state index contributed by atoms with van der Waals surface area (Å²) in [5.41, 5.74) is 0.530. The van der Waals surface area contributed by atoms with Gasteiger partial charge >= 0.3 is 0 Å². The molecule has 1 rings (SSSR count). The van der Waals surface area contributed by atoms with Crippen LogP contribution in [0.4, 0.5) is 0 Å². The molecule has 16 heavy (non-hydrogen) atoms. The molecule has 0 fully saturated rings. The third kappa shape index (κ3) is 2.69. The smallest absolute Gasteiger partial charge is 0.260 e. The van der Waals surface area contributed by atoms with Crippen molar-refractivity contribution in [3.8, 4) is 0 Å². The summed E-state index contributed by atoms with van der Waals surface area (Å²) in [6.07, 6.45) is 0.658. The molecule has 2 amide bonds. The SMILES string of the molecule is CC[C](C)C(=O)N(C)C(=O)c1ccccc1. The van der Waals surface area contributed by atoms with Gasteiger partial charge in [0.1, 0.15) is 0 Å². The van der Waals surface area contributed by atoms with Crippen LogP contribution >= 0.6 is 0 Å². The summed E-state index contributed by atoms with van der Waals surface area (Å²) in [4.78, 5) is 24.8. The fourth-order valence-electron chi connectivity index (χ4n) is 1.30. The zero-order valence-electron chi connectivity index (χ0n) is 9.86. The van der Waals surface area contributed by atoms with Crippen LogP contribution in [0.3, 0.4) is 0 Å². The van der Waals surface area contributed by atoms with Crippen molar-refractivity contribution in [2.45, 2.75) is 20.3 Å². The molecule has 1 radical (unpaired) electrons. The Morgan fingerprint density at radius 1 is 1.19 bits per heavy atom. The van der Waals surface area contributed by atoms with E-state index in [9.17, 15) is 9.59 Å². The predicted molar refractivity (Wildman–Crippen MR) is 62.8 cm³/mol. The molecule has 0 saturated carbocycles. The Morgan fingerprint density at radius 3 is 2.25 bits per heavy atom. The molecule has 0 saturated heterocycles. The Hall–Kier alpha value is -1.64. The van der Waals surface area contributed by atoms with E-state index in [4.69, 9.17) is 0 Å². The largest absolute Gasteiger partial charge is 0.281 e. The molecule has 0 heterocycles. The zero-order valence-corrected chi connectivity index (χ0v) is 9.86. The molecule has 0 spiro atoms. The first-order valence-electron chi connectivity index (χ1n) is 5.27. The Balaban J connectivity index is 2.79. The van der Waals surface area contributed by atoms with Crippen molar-refractivity contribution in [3.05, 3.63) is 41.8 Å². The maximum Gasteiger partial charge on any atom is 0.260 e. The number of rotatable bonds is 3. The summed E-state index contributed by atoms with van der Waals surface area (Å²) >= 11 is 0. The lowest BCUT2D eigenvalue weighted by molar-refractivity contribution is -0.125. The van der Waals surface area contributed by atoms with Gasteiger partial charge in [-0.15, -0.1) is 0 Å². The van der Waals surface area contributed by atoms with Gasteiger partial charge in [-0.2, -0.15) is 0 Å². The molecule has 1 aromatic carbocycles. The number of imide groups is 1. The number of benzene rings is 1. The number of amides is 2. The van der Waals surface area contributed by atoms with Gasteiger partial charge in [0, 0.05) is 12.6 Å². The van der Waals surface area contributed by atoms with Crippen molar-refractivity contribution in [3.63, 3.8) is 0 Å². The van der Waals surface area contributed by atoms with E-state index in [-0.39, 0.29) is 11.8 Å². The van der Waals surface area contributed by atoms with Crippen LogP contribution in [0.15, 0.2) is 30.3 Å². The molecule has 0 unspecified atom stereocenters. The highest BCUT2D eigenvalue weighted by Crippen LogP contribution is 2.11. The van der Waals surface area contributed by atoms with Crippen molar-refractivity contribution in [1.82, 2.24) is 4.90 Å². The lowest BCUT2D eigenvalue weighted by Gasteiger charge is -2.18. The normalized spacial score (nSPS) is 10.2. The van der Waals surface area contributed by atoms with E-state index in [0.717, 1.165) is 4.90 Å². The van der Waals surface area contributed by atoms with Gasteiger partial charge in [0.25, 0.3) is 5.91 Å². The molecular weight excluding hydrogens is 202 g/mol. The lowest BCUT2D eigenvalue weighted by Crippen LogP contribution is -2.35. The van der Waals surface area contributed by atoms with Gasteiger partial charge in [-0.1, -0.05) is 25.1 Å². The first-order valence-corrected chi connectivity index (χ1v) is 5.27. The van der Waals surface area contributed by atoms with E-state index in [1.54, 1.807) is 31.2 Å². The summed E-state index contributed by atoms with van der Waals surface area (Å²) in [6.45, 7) is 3.64. The van der Waals surface area contributed by atoms with E-state index >= 15 is 0 Å². The van der Waals surface area contributed by atoms with Gasteiger partial charge in [0.05, 0.1) is 5.92 Å². The average molecular weight is 218 g/mol. The first-order chi connectivity index (χ1) is 7.57. The van der Waals surface area contributed by atoms with Crippen molar-refractivity contribution < 1.29 is 9.59 Å². The number of hydrogen-bond donors (Lipinski definition) is 0. The summed E-state index contributed by atoms with van der Waals surface area (Å²) in [5, 5.41) is 0. The Labute approximate surface area is 96.1 Å². The standard InChI is InChI=1S/C13H16NO2/c1-4-10(2)12(15)14(3)13(16)11-8-6-5-7-9-11/h5-9H,4H2,1-3H3. The monoisotopic (exact) mass is 218 g/mol. The topological polar surface area (TPSA) is 37.4 Å². The number of carbonyl (C=O) groups excluding carboxylic acids is 2. The van der Waals surface area contributed by atoms with E-state index in [1.165, 1.54) is 7.05 Å². The van der Waals surface area contributed by atoms with E-state index < -0.39 is 0 Å². The molecule has 3 nitrogen and oxygen atoms in total. The van der Waals surface area contributed by atoms with E-state index in [1.807, 2.05) is 13.0 Å². The fraction of sp³-hybridized carbons (Fsp3) is 0.308. The number of hydrogen-bond acceptors (Lipinski definition) is 2. The summed E-state index contributed by atoms with van der Waals surface area (Å²) < 4.78 is 0. The highest BCUT2D eigenvalue weighted by molar-refractivity contribution is 6.08. The number of nitrogens with zero attached hydrogens (tertiary/aromatic N) is 1. The molecular formula is C13H16NO2. The van der Waals surface area contributed by atoms with E-state index in [0.29, 0.717) is 17.9 Å². The van der Waals surface area contributed by atoms with Crippen molar-refractivity contribution in [2.24, 2.45) is 0 Å². The summed E-state index contributed by atoms with van der Waals surface area (Å²) in [7, 11) is 1.51. The first kappa shape index (κ1) is 12.4. The average Bonchev–Trinajstić information content (AvgIpc) is 2.36. The van der Waals surface area contributed by atoms with Crippen LogP contribution in [0.5, 0.6) is 0 Å². The van der Waals surface area contributed by atoms with Crippen LogP contribution < -0.4 is 0 Å². The van der Waals surface area contributed by atoms with Crippen LogP contribution in [0.2, 0.25) is 0 Å². The maximum atomic E-state index is 11.9. The van der Waals surface area contributed by atoms with Crippen molar-refractivity contribution >= 4 is 11.8 Å². The van der Waals surface area contributed by atoms with Crippen LogP contribution in [0, 0.1) is 5.92 Å². The van der Waals surface area contributed by atoms with Crippen molar-refractivity contribution in [2.75, 3.05) is 7.05 Å².